The van der Waals surface area contributed by atoms with Gasteiger partial charge in [0, 0.05) is 6.21 Å². The Morgan fingerprint density at radius 3 is 2.71 bits per heavy atom. The summed E-state index contributed by atoms with van der Waals surface area (Å²) in [7, 11) is 0. The Kier molecular flexibility index (Phi) is 5.34. The Hall–Kier alpha value is -1.87. The van der Waals surface area contributed by atoms with Gasteiger partial charge in [0.05, 0.1) is 10.2 Å². The van der Waals surface area contributed by atoms with Crippen molar-refractivity contribution in [3.63, 3.8) is 0 Å². The largest absolute Gasteiger partial charge is 0.488 e. The van der Waals surface area contributed by atoms with Crippen LogP contribution in [0.5, 0.6) is 5.75 Å². The van der Waals surface area contributed by atoms with Crippen LogP contribution in [0.15, 0.2) is 58.5 Å². The van der Waals surface area contributed by atoms with Crippen LogP contribution in [0.25, 0.3) is 0 Å². The maximum atomic E-state index is 5.53. The lowest BCUT2D eigenvalue weighted by Crippen LogP contribution is -1.94. The highest BCUT2D eigenvalue weighted by Gasteiger charge is 2.01. The van der Waals surface area contributed by atoms with E-state index in [9.17, 15) is 0 Å². The van der Waals surface area contributed by atoms with Gasteiger partial charge in [-0.2, -0.15) is 0 Å². The Balaban J connectivity index is 2.19. The van der Waals surface area contributed by atoms with E-state index in [1.54, 1.807) is 6.08 Å². The maximum Gasteiger partial charge on any atom is 0.133 e. The molecule has 0 heterocycles. The summed E-state index contributed by atoms with van der Waals surface area (Å²) in [4.78, 5) is 4.57. The fraction of sp³-hybridized carbons (Fsp3) is 0.167. The number of nitrogens with zero attached hydrogens (tertiary/aromatic N) is 1. The first-order valence-electron chi connectivity index (χ1n) is 6.74. The van der Waals surface area contributed by atoms with Gasteiger partial charge in [0.25, 0.3) is 0 Å². The lowest BCUT2D eigenvalue weighted by atomic mass is 10.1. The fourth-order valence-electron chi connectivity index (χ4n) is 1.87. The summed E-state index contributed by atoms with van der Waals surface area (Å²) in [5.41, 5.74) is 4.40. The highest BCUT2D eigenvalue weighted by Crippen LogP contribution is 2.26. The van der Waals surface area contributed by atoms with Crippen molar-refractivity contribution in [1.29, 1.82) is 0 Å². The van der Waals surface area contributed by atoms with Crippen molar-refractivity contribution in [3.8, 4) is 5.75 Å². The molecule has 2 aromatic carbocycles. The highest BCUT2D eigenvalue weighted by molar-refractivity contribution is 9.10. The van der Waals surface area contributed by atoms with Gasteiger partial charge < -0.3 is 4.74 Å². The molecule has 0 aliphatic rings. The number of hydrogen-bond donors (Lipinski definition) is 0. The average molecular weight is 344 g/mol. The molecule has 0 radical (unpaired) electrons. The van der Waals surface area contributed by atoms with Gasteiger partial charge in [0.1, 0.15) is 12.4 Å². The predicted octanol–water partition coefficient (Wildman–Crippen LogP) is 5.38. The molecule has 0 aliphatic heterocycles. The topological polar surface area (TPSA) is 21.6 Å². The summed E-state index contributed by atoms with van der Waals surface area (Å²) >= 11 is 3.51. The third kappa shape index (κ3) is 4.30. The molecule has 2 rings (SSSR count). The Morgan fingerprint density at radius 1 is 1.19 bits per heavy atom. The first-order valence-corrected chi connectivity index (χ1v) is 7.54. The van der Waals surface area contributed by atoms with Crippen LogP contribution in [0.2, 0.25) is 0 Å². The van der Waals surface area contributed by atoms with E-state index in [0.717, 1.165) is 21.5 Å². The molecule has 108 valence electrons. The van der Waals surface area contributed by atoms with Gasteiger partial charge in [0.15, 0.2) is 0 Å². The molecular weight excluding hydrogens is 326 g/mol. The molecule has 21 heavy (non-hydrogen) atoms. The van der Waals surface area contributed by atoms with Crippen molar-refractivity contribution >= 4 is 27.8 Å². The summed E-state index contributed by atoms with van der Waals surface area (Å²) < 4.78 is 6.44. The van der Waals surface area contributed by atoms with Crippen molar-refractivity contribution in [3.05, 3.63) is 70.2 Å². The lowest BCUT2D eigenvalue weighted by molar-refractivity contribution is 0.361. The third-order valence-corrected chi connectivity index (χ3v) is 3.65. The number of aryl methyl sites for hydroxylation is 2. The number of aliphatic imine (C=N–C) groups is 1. The van der Waals surface area contributed by atoms with E-state index in [0.29, 0.717) is 6.61 Å². The van der Waals surface area contributed by atoms with Gasteiger partial charge in [-0.3, -0.25) is 4.99 Å². The standard InChI is InChI=1S/C18H18BrNO/c1-4-9-21-18-8-7-15(11-16(18)19)12-20-17-10-13(2)5-6-14(17)3/h4-8,10-12H,1,9H2,2-3H3. The zero-order valence-electron chi connectivity index (χ0n) is 12.3. The molecule has 2 aromatic rings. The summed E-state index contributed by atoms with van der Waals surface area (Å²) in [5.74, 6) is 0.804. The molecular formula is C18H18BrNO. The van der Waals surface area contributed by atoms with Gasteiger partial charge in [-0.1, -0.05) is 24.8 Å². The van der Waals surface area contributed by atoms with E-state index in [2.05, 4.69) is 59.5 Å². The van der Waals surface area contributed by atoms with Gasteiger partial charge >= 0.3 is 0 Å². The number of halogens is 1. The second-order valence-electron chi connectivity index (χ2n) is 4.84. The fourth-order valence-corrected chi connectivity index (χ4v) is 2.38. The molecule has 0 N–H and O–H groups in total. The number of benzene rings is 2. The van der Waals surface area contributed by atoms with Gasteiger partial charge in [0.2, 0.25) is 0 Å². The normalized spacial score (nSPS) is 10.8. The van der Waals surface area contributed by atoms with Crippen LogP contribution < -0.4 is 4.74 Å². The number of hydrogen-bond acceptors (Lipinski definition) is 2. The van der Waals surface area contributed by atoms with E-state index in [1.165, 1.54) is 11.1 Å². The minimum Gasteiger partial charge on any atom is -0.488 e. The quantitative estimate of drug-likeness (QED) is 0.527. The molecule has 0 aliphatic carbocycles. The van der Waals surface area contributed by atoms with Gasteiger partial charge in [-0.15, -0.1) is 0 Å². The average Bonchev–Trinajstić information content (AvgIpc) is 2.47. The second-order valence-corrected chi connectivity index (χ2v) is 5.69. The van der Waals surface area contributed by atoms with Crippen molar-refractivity contribution in [1.82, 2.24) is 0 Å². The summed E-state index contributed by atoms with van der Waals surface area (Å²) in [5, 5.41) is 0. The first-order chi connectivity index (χ1) is 10.1. The van der Waals surface area contributed by atoms with Crippen LogP contribution in [-0.2, 0) is 0 Å². The molecule has 0 amide bonds. The molecule has 0 fully saturated rings. The van der Waals surface area contributed by atoms with Crippen molar-refractivity contribution in [2.24, 2.45) is 4.99 Å². The van der Waals surface area contributed by atoms with Crippen molar-refractivity contribution < 1.29 is 4.74 Å². The third-order valence-electron chi connectivity index (χ3n) is 3.03. The Labute approximate surface area is 134 Å². The minimum absolute atomic E-state index is 0.495. The van der Waals surface area contributed by atoms with Crippen LogP contribution in [-0.4, -0.2) is 12.8 Å². The minimum atomic E-state index is 0.495. The van der Waals surface area contributed by atoms with E-state index in [-0.39, 0.29) is 0 Å². The van der Waals surface area contributed by atoms with E-state index in [4.69, 9.17) is 4.74 Å². The van der Waals surface area contributed by atoms with Crippen molar-refractivity contribution in [2.45, 2.75) is 13.8 Å². The second kappa shape index (κ2) is 7.23. The monoisotopic (exact) mass is 343 g/mol. The van der Waals surface area contributed by atoms with E-state index >= 15 is 0 Å². The SMILES string of the molecule is C=CCOc1ccc(C=Nc2cc(C)ccc2C)cc1Br. The molecule has 0 saturated heterocycles. The van der Waals surface area contributed by atoms with Gasteiger partial charge in [-0.05, 0) is 70.7 Å². The summed E-state index contributed by atoms with van der Waals surface area (Å²) in [6.45, 7) is 8.27. The van der Waals surface area contributed by atoms with Crippen LogP contribution >= 0.6 is 15.9 Å². The summed E-state index contributed by atoms with van der Waals surface area (Å²) in [6, 6.07) is 12.2. The van der Waals surface area contributed by atoms with E-state index < -0.39 is 0 Å². The Bertz CT molecular complexity index is 677. The molecule has 0 bridgehead atoms. The maximum absolute atomic E-state index is 5.53. The molecule has 0 saturated carbocycles. The molecule has 2 nitrogen and oxygen atoms in total. The van der Waals surface area contributed by atoms with Crippen molar-refractivity contribution in [2.75, 3.05) is 6.61 Å². The Morgan fingerprint density at radius 2 is 2.00 bits per heavy atom. The van der Waals surface area contributed by atoms with Crippen LogP contribution in [0.3, 0.4) is 0 Å². The smallest absolute Gasteiger partial charge is 0.133 e. The molecule has 0 unspecified atom stereocenters. The molecule has 0 atom stereocenters. The molecule has 0 aromatic heterocycles. The zero-order chi connectivity index (χ0) is 15.2. The number of ether oxygens (including phenoxy) is 1. The molecule has 3 heteroatoms. The van der Waals surface area contributed by atoms with E-state index in [1.807, 2.05) is 24.4 Å². The predicted molar refractivity (Wildman–Crippen MR) is 93.0 cm³/mol. The van der Waals surface area contributed by atoms with Gasteiger partial charge in [-0.25, -0.2) is 0 Å². The van der Waals surface area contributed by atoms with Crippen LogP contribution in [0.4, 0.5) is 5.69 Å². The first kappa shape index (κ1) is 15.5. The highest BCUT2D eigenvalue weighted by atomic mass is 79.9. The molecule has 0 spiro atoms. The van der Waals surface area contributed by atoms with Crippen LogP contribution in [0.1, 0.15) is 16.7 Å². The number of rotatable bonds is 5. The zero-order valence-corrected chi connectivity index (χ0v) is 13.9. The van der Waals surface area contributed by atoms with Crippen LogP contribution in [0, 0.1) is 13.8 Å². The lowest BCUT2D eigenvalue weighted by Gasteiger charge is -2.06. The summed E-state index contributed by atoms with van der Waals surface area (Å²) in [6.07, 6.45) is 3.59.